The molecule has 0 amide bonds. The van der Waals surface area contributed by atoms with Crippen molar-refractivity contribution in [3.05, 3.63) is 63.6 Å². The van der Waals surface area contributed by atoms with E-state index in [0.29, 0.717) is 22.3 Å². The van der Waals surface area contributed by atoms with Crippen LogP contribution in [0.2, 0.25) is 10.0 Å². The third-order valence-electron chi connectivity index (χ3n) is 2.69. The topological polar surface area (TPSA) is 12.0 Å². The molecule has 20 heavy (non-hydrogen) atoms. The van der Waals surface area contributed by atoms with Crippen LogP contribution < -0.4 is 5.32 Å². The van der Waals surface area contributed by atoms with E-state index in [1.54, 1.807) is 18.2 Å². The zero-order valence-corrected chi connectivity index (χ0v) is 11.7. The van der Waals surface area contributed by atoms with E-state index in [0.717, 1.165) is 17.7 Å². The first-order chi connectivity index (χ1) is 9.36. The van der Waals surface area contributed by atoms with E-state index in [1.165, 1.54) is 12.1 Å². The molecule has 0 fully saturated rings. The Balaban J connectivity index is 2.02. The van der Waals surface area contributed by atoms with Crippen molar-refractivity contribution in [1.29, 1.82) is 0 Å². The summed E-state index contributed by atoms with van der Waals surface area (Å²) in [6.07, 6.45) is -4.32. The predicted molar refractivity (Wildman–Crippen MR) is 75.2 cm³/mol. The molecular weight excluding hydrogens is 310 g/mol. The Bertz CT molecular complexity index is 594. The Morgan fingerprint density at radius 2 is 1.55 bits per heavy atom. The van der Waals surface area contributed by atoms with Crippen LogP contribution in [0.3, 0.4) is 0 Å². The van der Waals surface area contributed by atoms with Gasteiger partial charge in [-0.2, -0.15) is 13.2 Å². The largest absolute Gasteiger partial charge is 0.416 e. The molecule has 0 bridgehead atoms. The normalized spacial score (nSPS) is 11.4. The van der Waals surface area contributed by atoms with E-state index < -0.39 is 11.7 Å². The van der Waals surface area contributed by atoms with Crippen molar-refractivity contribution in [3.63, 3.8) is 0 Å². The maximum absolute atomic E-state index is 12.4. The molecule has 0 radical (unpaired) electrons. The Hall–Kier alpha value is -1.39. The van der Waals surface area contributed by atoms with Gasteiger partial charge in [-0.25, -0.2) is 0 Å². The zero-order valence-electron chi connectivity index (χ0n) is 10.1. The highest BCUT2D eigenvalue weighted by molar-refractivity contribution is 6.42. The Morgan fingerprint density at radius 3 is 2.10 bits per heavy atom. The molecule has 0 heterocycles. The summed E-state index contributed by atoms with van der Waals surface area (Å²) in [4.78, 5) is 0. The number of hydrogen-bond donors (Lipinski definition) is 1. The van der Waals surface area contributed by atoms with Gasteiger partial charge in [0.25, 0.3) is 0 Å². The molecule has 6 heteroatoms. The Morgan fingerprint density at radius 1 is 0.900 bits per heavy atom. The smallest absolute Gasteiger partial charge is 0.381 e. The van der Waals surface area contributed by atoms with E-state index >= 15 is 0 Å². The summed E-state index contributed by atoms with van der Waals surface area (Å²) in [7, 11) is 0. The second-order valence-corrected chi connectivity index (χ2v) is 4.99. The predicted octanol–water partition coefficient (Wildman–Crippen LogP) is 5.62. The van der Waals surface area contributed by atoms with Crippen LogP contribution >= 0.6 is 23.2 Å². The van der Waals surface area contributed by atoms with Gasteiger partial charge in [-0.15, -0.1) is 0 Å². The average molecular weight is 320 g/mol. The molecule has 0 saturated carbocycles. The summed E-state index contributed by atoms with van der Waals surface area (Å²) >= 11 is 11.7. The van der Waals surface area contributed by atoms with Crippen molar-refractivity contribution in [2.24, 2.45) is 0 Å². The van der Waals surface area contributed by atoms with Crippen LogP contribution in [0.1, 0.15) is 11.1 Å². The summed E-state index contributed by atoms with van der Waals surface area (Å²) in [6.45, 7) is 0.447. The maximum Gasteiger partial charge on any atom is 0.416 e. The number of hydrogen-bond acceptors (Lipinski definition) is 1. The van der Waals surface area contributed by atoms with Crippen LogP contribution in [0.25, 0.3) is 0 Å². The minimum atomic E-state index is -4.32. The van der Waals surface area contributed by atoms with Crippen LogP contribution in [-0.4, -0.2) is 0 Å². The summed E-state index contributed by atoms with van der Waals surface area (Å²) in [5.74, 6) is 0. The molecule has 2 rings (SSSR count). The maximum atomic E-state index is 12.4. The fourth-order valence-corrected chi connectivity index (χ4v) is 1.95. The number of alkyl halides is 3. The highest BCUT2D eigenvalue weighted by atomic mass is 35.5. The number of rotatable bonds is 3. The molecule has 0 aliphatic heterocycles. The molecule has 1 N–H and O–H groups in total. The molecule has 0 unspecified atom stereocenters. The standard InChI is InChI=1S/C14H10Cl2F3N/c15-12-6-1-9(7-13(12)16)8-20-11-4-2-10(3-5-11)14(17,18)19/h1-7,20H,8H2. The lowest BCUT2D eigenvalue weighted by Gasteiger charge is -2.10. The van der Waals surface area contributed by atoms with E-state index in [1.807, 2.05) is 0 Å². The quantitative estimate of drug-likeness (QED) is 0.773. The van der Waals surface area contributed by atoms with Gasteiger partial charge in [0.05, 0.1) is 15.6 Å². The summed E-state index contributed by atoms with van der Waals surface area (Å²) in [5.41, 5.74) is 0.820. The van der Waals surface area contributed by atoms with Crippen molar-refractivity contribution in [2.45, 2.75) is 12.7 Å². The van der Waals surface area contributed by atoms with E-state index in [2.05, 4.69) is 5.32 Å². The number of anilines is 1. The van der Waals surface area contributed by atoms with Crippen LogP contribution in [-0.2, 0) is 12.7 Å². The minimum Gasteiger partial charge on any atom is -0.381 e. The second-order valence-electron chi connectivity index (χ2n) is 4.18. The molecule has 1 nitrogen and oxygen atoms in total. The summed E-state index contributed by atoms with van der Waals surface area (Å²) in [5, 5.41) is 3.92. The average Bonchev–Trinajstić information content (AvgIpc) is 2.40. The van der Waals surface area contributed by atoms with Crippen LogP contribution in [0.5, 0.6) is 0 Å². The molecule has 0 atom stereocenters. The van der Waals surface area contributed by atoms with Crippen LogP contribution in [0, 0.1) is 0 Å². The Labute approximate surface area is 124 Å². The SMILES string of the molecule is FC(F)(F)c1ccc(NCc2ccc(Cl)c(Cl)c2)cc1. The van der Waals surface area contributed by atoms with Crippen molar-refractivity contribution in [3.8, 4) is 0 Å². The molecular formula is C14H10Cl2F3N. The zero-order chi connectivity index (χ0) is 14.8. The molecule has 0 aromatic heterocycles. The molecule has 0 spiro atoms. The molecule has 2 aromatic rings. The van der Waals surface area contributed by atoms with E-state index in [9.17, 15) is 13.2 Å². The van der Waals surface area contributed by atoms with Crippen LogP contribution in [0.4, 0.5) is 18.9 Å². The van der Waals surface area contributed by atoms with E-state index in [4.69, 9.17) is 23.2 Å². The summed E-state index contributed by atoms with van der Waals surface area (Å²) < 4.78 is 37.2. The van der Waals surface area contributed by atoms with Crippen molar-refractivity contribution in [2.75, 3.05) is 5.32 Å². The first-order valence-corrected chi connectivity index (χ1v) is 6.47. The molecule has 106 valence electrons. The third-order valence-corrected chi connectivity index (χ3v) is 3.43. The van der Waals surface area contributed by atoms with Crippen molar-refractivity contribution >= 4 is 28.9 Å². The highest BCUT2D eigenvalue weighted by Gasteiger charge is 2.29. The summed E-state index contributed by atoms with van der Waals surface area (Å²) in [6, 6.07) is 10.0. The van der Waals surface area contributed by atoms with Crippen LogP contribution in [0.15, 0.2) is 42.5 Å². The first kappa shape index (κ1) is 15.0. The van der Waals surface area contributed by atoms with Gasteiger partial charge in [0.2, 0.25) is 0 Å². The minimum absolute atomic E-state index is 0.443. The third kappa shape index (κ3) is 3.81. The molecule has 0 aliphatic rings. The Kier molecular flexibility index (Phi) is 4.45. The van der Waals surface area contributed by atoms with Crippen molar-refractivity contribution < 1.29 is 13.2 Å². The monoisotopic (exact) mass is 319 g/mol. The van der Waals surface area contributed by atoms with Crippen molar-refractivity contribution in [1.82, 2.24) is 0 Å². The van der Waals surface area contributed by atoms with Gasteiger partial charge in [-0.3, -0.25) is 0 Å². The molecule has 0 saturated heterocycles. The highest BCUT2D eigenvalue weighted by Crippen LogP contribution is 2.30. The number of nitrogens with one attached hydrogen (secondary N) is 1. The number of benzene rings is 2. The lowest BCUT2D eigenvalue weighted by atomic mass is 10.2. The van der Waals surface area contributed by atoms with E-state index in [-0.39, 0.29) is 0 Å². The lowest BCUT2D eigenvalue weighted by molar-refractivity contribution is -0.137. The fraction of sp³-hybridized carbons (Fsp3) is 0.143. The van der Waals surface area contributed by atoms with Gasteiger partial charge in [-0.1, -0.05) is 29.3 Å². The van der Waals surface area contributed by atoms with Gasteiger partial charge >= 0.3 is 6.18 Å². The van der Waals surface area contributed by atoms with Gasteiger partial charge in [0.15, 0.2) is 0 Å². The molecule has 2 aromatic carbocycles. The fourth-order valence-electron chi connectivity index (χ4n) is 1.63. The second kappa shape index (κ2) is 5.94. The van der Waals surface area contributed by atoms with Gasteiger partial charge in [0, 0.05) is 12.2 Å². The lowest BCUT2D eigenvalue weighted by Crippen LogP contribution is -2.05. The van der Waals surface area contributed by atoms with Gasteiger partial charge < -0.3 is 5.32 Å². The van der Waals surface area contributed by atoms with Gasteiger partial charge in [-0.05, 0) is 42.0 Å². The first-order valence-electron chi connectivity index (χ1n) is 5.71. The van der Waals surface area contributed by atoms with Gasteiger partial charge in [0.1, 0.15) is 0 Å². The number of halogens is 5. The molecule has 0 aliphatic carbocycles.